The highest BCUT2D eigenvalue weighted by Gasteiger charge is 2.24. The van der Waals surface area contributed by atoms with Gasteiger partial charge in [0.15, 0.2) is 0 Å². The quantitative estimate of drug-likeness (QED) is 0.878. The average molecular weight is 335 g/mol. The third-order valence-corrected chi connectivity index (χ3v) is 5.09. The number of nitrogens with zero attached hydrogens (tertiary/aromatic N) is 3. The molecule has 132 valence electrons. The molecule has 2 aliphatic rings. The Morgan fingerprint density at radius 3 is 2.46 bits per heavy atom. The van der Waals surface area contributed by atoms with E-state index in [0.29, 0.717) is 12.3 Å². The Labute approximate surface area is 142 Å². The van der Waals surface area contributed by atoms with Crippen LogP contribution in [-0.2, 0) is 4.79 Å². The fourth-order valence-electron chi connectivity index (χ4n) is 3.54. The average Bonchev–Trinajstić information content (AvgIpc) is 3.09. The first-order chi connectivity index (χ1) is 11.7. The number of carbonyl (C=O) groups excluding carboxylic acids is 1. The maximum Gasteiger partial charge on any atom is 0.223 e. The number of piperazine rings is 1. The summed E-state index contributed by atoms with van der Waals surface area (Å²) < 4.78 is 13.0. The van der Waals surface area contributed by atoms with Crippen molar-refractivity contribution in [3.05, 3.63) is 30.1 Å². The van der Waals surface area contributed by atoms with E-state index in [2.05, 4.69) is 9.80 Å². The van der Waals surface area contributed by atoms with Gasteiger partial charge in [-0.2, -0.15) is 0 Å². The van der Waals surface area contributed by atoms with Crippen LogP contribution in [0, 0.1) is 11.7 Å². The van der Waals surface area contributed by atoms with Gasteiger partial charge in [-0.25, -0.2) is 4.39 Å². The molecule has 2 aliphatic heterocycles. The molecule has 6 heteroatoms. The minimum Gasteiger partial charge on any atom is -0.396 e. The first-order valence-electron chi connectivity index (χ1n) is 8.77. The molecular formula is C18H26FN3O2. The summed E-state index contributed by atoms with van der Waals surface area (Å²) in [5, 5.41) is 9.17. The molecule has 0 saturated carbocycles. The number of aliphatic hydroxyl groups excluding tert-OH is 1. The van der Waals surface area contributed by atoms with Crippen LogP contribution in [0.15, 0.2) is 24.3 Å². The Morgan fingerprint density at radius 1 is 1.12 bits per heavy atom. The number of hydrogen-bond donors (Lipinski definition) is 1. The minimum absolute atomic E-state index is 0.209. The number of likely N-dealkylation sites (tertiary alicyclic amines) is 1. The van der Waals surface area contributed by atoms with E-state index in [1.54, 1.807) is 12.1 Å². The van der Waals surface area contributed by atoms with Crippen molar-refractivity contribution in [1.29, 1.82) is 0 Å². The standard InChI is InChI=1S/C18H26FN3O2/c19-16-1-3-17(4-2-16)21-9-11-22(12-10-21)18(24)6-8-20-7-5-15(13-20)14-23/h1-4,15,23H,5-14H2. The largest absolute Gasteiger partial charge is 0.396 e. The molecule has 2 heterocycles. The van der Waals surface area contributed by atoms with Crippen LogP contribution in [-0.4, -0.2) is 73.2 Å². The zero-order valence-corrected chi connectivity index (χ0v) is 14.0. The summed E-state index contributed by atoms with van der Waals surface area (Å²) in [5.74, 6) is 0.360. The Kier molecular flexibility index (Phi) is 5.68. The first kappa shape index (κ1) is 17.2. The van der Waals surface area contributed by atoms with Gasteiger partial charge in [-0.05, 0) is 43.1 Å². The van der Waals surface area contributed by atoms with Crippen LogP contribution < -0.4 is 4.90 Å². The number of benzene rings is 1. The summed E-state index contributed by atoms with van der Waals surface area (Å²) in [6.07, 6.45) is 1.58. The van der Waals surface area contributed by atoms with Crippen LogP contribution in [0.1, 0.15) is 12.8 Å². The highest BCUT2D eigenvalue weighted by atomic mass is 19.1. The van der Waals surface area contributed by atoms with Crippen molar-refractivity contribution in [1.82, 2.24) is 9.80 Å². The lowest BCUT2D eigenvalue weighted by molar-refractivity contribution is -0.131. The third-order valence-electron chi connectivity index (χ3n) is 5.09. The van der Waals surface area contributed by atoms with Gasteiger partial charge >= 0.3 is 0 Å². The number of aliphatic hydroxyl groups is 1. The molecule has 0 bridgehead atoms. The molecule has 0 aromatic heterocycles. The van der Waals surface area contributed by atoms with Gasteiger partial charge in [-0.3, -0.25) is 4.79 Å². The summed E-state index contributed by atoms with van der Waals surface area (Å²) in [6.45, 7) is 5.93. The van der Waals surface area contributed by atoms with E-state index in [4.69, 9.17) is 0 Å². The summed E-state index contributed by atoms with van der Waals surface area (Å²) >= 11 is 0. The van der Waals surface area contributed by atoms with Crippen molar-refractivity contribution in [2.75, 3.05) is 57.3 Å². The molecule has 1 aromatic carbocycles. The molecule has 0 aliphatic carbocycles. The van der Waals surface area contributed by atoms with E-state index in [0.717, 1.165) is 57.9 Å². The van der Waals surface area contributed by atoms with Crippen LogP contribution in [0.5, 0.6) is 0 Å². The normalized spacial score (nSPS) is 22.2. The van der Waals surface area contributed by atoms with E-state index in [-0.39, 0.29) is 18.3 Å². The SMILES string of the molecule is O=C(CCN1CCC(CO)C1)N1CCN(c2ccc(F)cc2)CC1. The molecule has 1 aromatic rings. The van der Waals surface area contributed by atoms with Crippen LogP contribution in [0.25, 0.3) is 0 Å². The fraction of sp³-hybridized carbons (Fsp3) is 0.611. The second-order valence-corrected chi connectivity index (χ2v) is 6.73. The monoisotopic (exact) mass is 335 g/mol. The van der Waals surface area contributed by atoms with E-state index in [1.807, 2.05) is 4.90 Å². The Morgan fingerprint density at radius 2 is 1.83 bits per heavy atom. The predicted molar refractivity (Wildman–Crippen MR) is 91.4 cm³/mol. The van der Waals surface area contributed by atoms with Crippen LogP contribution in [0.4, 0.5) is 10.1 Å². The third kappa shape index (κ3) is 4.24. The van der Waals surface area contributed by atoms with Gasteiger partial charge in [0.2, 0.25) is 5.91 Å². The molecule has 0 spiro atoms. The van der Waals surface area contributed by atoms with Gasteiger partial charge in [0.25, 0.3) is 0 Å². The van der Waals surface area contributed by atoms with Crippen molar-refractivity contribution in [3.8, 4) is 0 Å². The maximum absolute atomic E-state index is 13.0. The van der Waals surface area contributed by atoms with E-state index in [1.165, 1.54) is 12.1 Å². The Hall–Kier alpha value is -1.66. The molecule has 0 radical (unpaired) electrons. The zero-order chi connectivity index (χ0) is 16.9. The summed E-state index contributed by atoms with van der Waals surface area (Å²) in [5.41, 5.74) is 1.01. The van der Waals surface area contributed by atoms with Crippen molar-refractivity contribution in [2.45, 2.75) is 12.8 Å². The smallest absolute Gasteiger partial charge is 0.223 e. The maximum atomic E-state index is 13.0. The number of halogens is 1. The lowest BCUT2D eigenvalue weighted by Crippen LogP contribution is -2.49. The molecule has 1 amide bonds. The van der Waals surface area contributed by atoms with Crippen LogP contribution in [0.2, 0.25) is 0 Å². The summed E-state index contributed by atoms with van der Waals surface area (Å²) in [4.78, 5) is 18.8. The molecule has 24 heavy (non-hydrogen) atoms. The molecule has 1 unspecified atom stereocenters. The van der Waals surface area contributed by atoms with Crippen molar-refractivity contribution >= 4 is 11.6 Å². The summed E-state index contributed by atoms with van der Waals surface area (Å²) in [7, 11) is 0. The van der Waals surface area contributed by atoms with Gasteiger partial charge < -0.3 is 19.8 Å². The summed E-state index contributed by atoms with van der Waals surface area (Å²) in [6, 6.07) is 6.53. The molecule has 2 saturated heterocycles. The van der Waals surface area contributed by atoms with E-state index in [9.17, 15) is 14.3 Å². The van der Waals surface area contributed by atoms with E-state index < -0.39 is 0 Å². The molecule has 1 atom stereocenters. The Bertz CT molecular complexity index is 544. The second-order valence-electron chi connectivity index (χ2n) is 6.73. The molecular weight excluding hydrogens is 309 g/mol. The molecule has 2 fully saturated rings. The lowest BCUT2D eigenvalue weighted by Gasteiger charge is -2.36. The lowest BCUT2D eigenvalue weighted by atomic mass is 10.1. The minimum atomic E-state index is -0.224. The number of anilines is 1. The number of hydrogen-bond acceptors (Lipinski definition) is 4. The number of amides is 1. The highest BCUT2D eigenvalue weighted by Crippen LogP contribution is 2.18. The number of carbonyl (C=O) groups is 1. The van der Waals surface area contributed by atoms with Gasteiger partial charge in [-0.15, -0.1) is 0 Å². The van der Waals surface area contributed by atoms with Crippen molar-refractivity contribution in [2.24, 2.45) is 5.92 Å². The van der Waals surface area contributed by atoms with Crippen molar-refractivity contribution < 1.29 is 14.3 Å². The second kappa shape index (κ2) is 7.94. The van der Waals surface area contributed by atoms with Crippen molar-refractivity contribution in [3.63, 3.8) is 0 Å². The molecule has 5 nitrogen and oxygen atoms in total. The fourth-order valence-corrected chi connectivity index (χ4v) is 3.54. The first-order valence-corrected chi connectivity index (χ1v) is 8.77. The van der Waals surface area contributed by atoms with Gasteiger partial charge in [0, 0.05) is 58.0 Å². The van der Waals surface area contributed by atoms with Gasteiger partial charge in [0.05, 0.1) is 0 Å². The van der Waals surface area contributed by atoms with Gasteiger partial charge in [-0.1, -0.05) is 0 Å². The highest BCUT2D eigenvalue weighted by molar-refractivity contribution is 5.76. The van der Waals surface area contributed by atoms with Crippen LogP contribution >= 0.6 is 0 Å². The van der Waals surface area contributed by atoms with Crippen LogP contribution in [0.3, 0.4) is 0 Å². The molecule has 3 rings (SSSR count). The molecule has 1 N–H and O–H groups in total. The zero-order valence-electron chi connectivity index (χ0n) is 14.0. The Balaban J connectivity index is 1.41. The van der Waals surface area contributed by atoms with E-state index >= 15 is 0 Å². The predicted octanol–water partition coefficient (Wildman–Crippen LogP) is 1.18. The van der Waals surface area contributed by atoms with Gasteiger partial charge in [0.1, 0.15) is 5.82 Å². The number of rotatable bonds is 5. The topological polar surface area (TPSA) is 47.0 Å².